The van der Waals surface area contributed by atoms with Crippen LogP contribution in [0.25, 0.3) is 0 Å². The number of ether oxygens (including phenoxy) is 1. The van der Waals surface area contributed by atoms with Gasteiger partial charge in [-0.2, -0.15) is 0 Å². The minimum atomic E-state index is -0.901. The van der Waals surface area contributed by atoms with E-state index in [1.165, 1.54) is 4.90 Å². The van der Waals surface area contributed by atoms with Crippen LogP contribution in [-0.4, -0.2) is 35.8 Å². The molecule has 1 N–H and O–H groups in total. The Kier molecular flexibility index (Phi) is 3.31. The number of benzene rings is 1. The SMILES string of the molecule is O=C(O)N1CCOC(c2ccc(Cl)cc2)C1. The van der Waals surface area contributed by atoms with Crippen LogP contribution in [0.2, 0.25) is 5.02 Å². The summed E-state index contributed by atoms with van der Waals surface area (Å²) in [6, 6.07) is 7.27. The van der Waals surface area contributed by atoms with Crippen molar-refractivity contribution in [3.63, 3.8) is 0 Å². The molecule has 1 aromatic rings. The van der Waals surface area contributed by atoms with Crippen molar-refractivity contribution in [3.8, 4) is 0 Å². The van der Waals surface area contributed by atoms with Crippen molar-refractivity contribution in [1.82, 2.24) is 4.90 Å². The molecular formula is C11H12ClNO3. The molecule has 1 fully saturated rings. The lowest BCUT2D eigenvalue weighted by molar-refractivity contribution is -0.0232. The van der Waals surface area contributed by atoms with Gasteiger partial charge in [0.05, 0.1) is 13.2 Å². The predicted molar refractivity (Wildman–Crippen MR) is 59.7 cm³/mol. The summed E-state index contributed by atoms with van der Waals surface area (Å²) in [5.74, 6) is 0. The van der Waals surface area contributed by atoms with Gasteiger partial charge >= 0.3 is 6.09 Å². The second-order valence-corrected chi connectivity index (χ2v) is 4.08. The average molecular weight is 242 g/mol. The molecule has 1 aliphatic rings. The fraction of sp³-hybridized carbons (Fsp3) is 0.364. The maximum atomic E-state index is 10.8. The van der Waals surface area contributed by atoms with Gasteiger partial charge in [0.2, 0.25) is 0 Å². The first kappa shape index (κ1) is 11.2. The number of carbonyl (C=O) groups is 1. The molecule has 0 bridgehead atoms. The number of hydrogen-bond donors (Lipinski definition) is 1. The van der Waals surface area contributed by atoms with E-state index in [9.17, 15) is 4.79 Å². The Morgan fingerprint density at radius 2 is 2.12 bits per heavy atom. The van der Waals surface area contributed by atoms with Crippen LogP contribution in [0.15, 0.2) is 24.3 Å². The number of halogens is 1. The van der Waals surface area contributed by atoms with Gasteiger partial charge in [0.15, 0.2) is 0 Å². The first-order valence-corrected chi connectivity index (χ1v) is 5.39. The van der Waals surface area contributed by atoms with Gasteiger partial charge in [-0.05, 0) is 17.7 Å². The molecule has 1 saturated heterocycles. The Hall–Kier alpha value is -1.26. The summed E-state index contributed by atoms with van der Waals surface area (Å²) in [4.78, 5) is 12.2. The second kappa shape index (κ2) is 4.72. The molecular weight excluding hydrogens is 230 g/mol. The molecule has 1 aromatic carbocycles. The summed E-state index contributed by atoms with van der Waals surface area (Å²) in [7, 11) is 0. The van der Waals surface area contributed by atoms with Crippen LogP contribution in [-0.2, 0) is 4.74 Å². The van der Waals surface area contributed by atoms with E-state index < -0.39 is 6.09 Å². The highest BCUT2D eigenvalue weighted by Crippen LogP contribution is 2.23. The van der Waals surface area contributed by atoms with Crippen molar-refractivity contribution in [1.29, 1.82) is 0 Å². The van der Waals surface area contributed by atoms with Crippen molar-refractivity contribution < 1.29 is 14.6 Å². The van der Waals surface area contributed by atoms with Crippen LogP contribution in [0.4, 0.5) is 4.79 Å². The van der Waals surface area contributed by atoms with Crippen LogP contribution in [0, 0.1) is 0 Å². The summed E-state index contributed by atoms with van der Waals surface area (Å²) in [6.07, 6.45) is -1.09. The van der Waals surface area contributed by atoms with Crippen LogP contribution >= 0.6 is 11.6 Å². The first-order valence-electron chi connectivity index (χ1n) is 5.02. The Balaban J connectivity index is 2.09. The minimum absolute atomic E-state index is 0.192. The fourth-order valence-electron chi connectivity index (χ4n) is 1.70. The first-order chi connectivity index (χ1) is 7.66. The fourth-order valence-corrected chi connectivity index (χ4v) is 1.83. The van der Waals surface area contributed by atoms with Crippen molar-refractivity contribution in [2.45, 2.75) is 6.10 Å². The van der Waals surface area contributed by atoms with Gasteiger partial charge in [-0.25, -0.2) is 4.79 Å². The number of nitrogens with zero attached hydrogens (tertiary/aromatic N) is 1. The topological polar surface area (TPSA) is 49.8 Å². The predicted octanol–water partition coefficient (Wildman–Crippen LogP) is 2.39. The zero-order valence-corrected chi connectivity index (χ0v) is 9.35. The van der Waals surface area contributed by atoms with Gasteiger partial charge in [-0.3, -0.25) is 0 Å². The standard InChI is InChI=1S/C11H12ClNO3/c12-9-3-1-8(2-4-9)10-7-13(11(14)15)5-6-16-10/h1-4,10H,5-7H2,(H,14,15). The molecule has 2 rings (SSSR count). The minimum Gasteiger partial charge on any atom is -0.465 e. The van der Waals surface area contributed by atoms with Crippen LogP contribution in [0.1, 0.15) is 11.7 Å². The summed E-state index contributed by atoms with van der Waals surface area (Å²) in [5, 5.41) is 9.56. The van der Waals surface area contributed by atoms with Gasteiger partial charge in [0.1, 0.15) is 6.10 Å². The van der Waals surface area contributed by atoms with Crippen molar-refractivity contribution in [2.24, 2.45) is 0 Å². The van der Waals surface area contributed by atoms with E-state index in [-0.39, 0.29) is 6.10 Å². The molecule has 0 saturated carbocycles. The number of rotatable bonds is 1. The Morgan fingerprint density at radius 1 is 1.44 bits per heavy atom. The number of hydrogen-bond acceptors (Lipinski definition) is 2. The largest absolute Gasteiger partial charge is 0.465 e. The quantitative estimate of drug-likeness (QED) is 0.821. The number of amides is 1. The van der Waals surface area contributed by atoms with Crippen molar-refractivity contribution >= 4 is 17.7 Å². The van der Waals surface area contributed by atoms with E-state index in [0.29, 0.717) is 24.7 Å². The Labute approximate surface area is 98.4 Å². The van der Waals surface area contributed by atoms with E-state index >= 15 is 0 Å². The van der Waals surface area contributed by atoms with E-state index in [2.05, 4.69) is 0 Å². The number of carboxylic acid groups (broad SMARTS) is 1. The molecule has 1 aliphatic heterocycles. The van der Waals surface area contributed by atoms with Gasteiger partial charge in [-0.1, -0.05) is 23.7 Å². The molecule has 5 heteroatoms. The zero-order chi connectivity index (χ0) is 11.5. The number of morpholine rings is 1. The Morgan fingerprint density at radius 3 is 2.75 bits per heavy atom. The molecule has 0 spiro atoms. The zero-order valence-electron chi connectivity index (χ0n) is 8.60. The summed E-state index contributed by atoms with van der Waals surface area (Å²) in [6.45, 7) is 1.23. The maximum absolute atomic E-state index is 10.8. The van der Waals surface area contributed by atoms with Gasteiger partial charge in [-0.15, -0.1) is 0 Å². The highest BCUT2D eigenvalue weighted by molar-refractivity contribution is 6.30. The third-order valence-corrected chi connectivity index (χ3v) is 2.83. The molecule has 0 radical (unpaired) electrons. The average Bonchev–Trinajstić information content (AvgIpc) is 2.30. The lowest BCUT2D eigenvalue weighted by atomic mass is 10.1. The van der Waals surface area contributed by atoms with Gasteiger partial charge in [0, 0.05) is 11.6 Å². The molecule has 0 aliphatic carbocycles. The van der Waals surface area contributed by atoms with Crippen LogP contribution in [0.5, 0.6) is 0 Å². The molecule has 1 atom stereocenters. The highest BCUT2D eigenvalue weighted by Gasteiger charge is 2.24. The lowest BCUT2D eigenvalue weighted by Crippen LogP contribution is -2.41. The third kappa shape index (κ3) is 2.46. The van der Waals surface area contributed by atoms with Crippen molar-refractivity contribution in [2.75, 3.05) is 19.7 Å². The summed E-state index contributed by atoms with van der Waals surface area (Å²) in [5.41, 5.74) is 0.954. The monoisotopic (exact) mass is 241 g/mol. The van der Waals surface area contributed by atoms with Crippen molar-refractivity contribution in [3.05, 3.63) is 34.9 Å². The highest BCUT2D eigenvalue weighted by atomic mass is 35.5. The summed E-state index contributed by atoms with van der Waals surface area (Å²) < 4.78 is 5.54. The smallest absolute Gasteiger partial charge is 0.407 e. The second-order valence-electron chi connectivity index (χ2n) is 3.64. The molecule has 0 aromatic heterocycles. The molecule has 86 valence electrons. The molecule has 1 heterocycles. The third-order valence-electron chi connectivity index (χ3n) is 2.58. The molecule has 16 heavy (non-hydrogen) atoms. The van der Waals surface area contributed by atoms with Gasteiger partial charge < -0.3 is 14.7 Å². The molecule has 1 amide bonds. The van der Waals surface area contributed by atoms with E-state index in [0.717, 1.165) is 5.56 Å². The van der Waals surface area contributed by atoms with Crippen LogP contribution in [0.3, 0.4) is 0 Å². The van der Waals surface area contributed by atoms with Crippen LogP contribution < -0.4 is 0 Å². The normalized spacial score (nSPS) is 20.8. The van der Waals surface area contributed by atoms with E-state index in [4.69, 9.17) is 21.4 Å². The molecule has 4 nitrogen and oxygen atoms in total. The Bertz CT molecular complexity index is 379. The van der Waals surface area contributed by atoms with Gasteiger partial charge in [0.25, 0.3) is 0 Å². The summed E-state index contributed by atoms with van der Waals surface area (Å²) >= 11 is 5.78. The molecule has 1 unspecified atom stereocenters. The van der Waals surface area contributed by atoms with E-state index in [1.807, 2.05) is 12.1 Å². The maximum Gasteiger partial charge on any atom is 0.407 e. The lowest BCUT2D eigenvalue weighted by Gasteiger charge is -2.31. The van der Waals surface area contributed by atoms with E-state index in [1.54, 1.807) is 12.1 Å².